The van der Waals surface area contributed by atoms with E-state index in [1.807, 2.05) is 0 Å². The van der Waals surface area contributed by atoms with Gasteiger partial charge in [-0.15, -0.1) is 0 Å². The van der Waals surface area contributed by atoms with Gasteiger partial charge in [-0.05, 0) is 61.0 Å². The van der Waals surface area contributed by atoms with Crippen molar-refractivity contribution in [3.63, 3.8) is 0 Å². The topological polar surface area (TPSA) is 75.3 Å². The number of anilines is 1. The molecule has 3 aromatic carbocycles. The fourth-order valence-electron chi connectivity index (χ4n) is 2.66. The molecule has 0 radical (unpaired) electrons. The molecular formula is C21H18ClFN2O3S. The molecule has 1 amide bonds. The molecule has 3 rings (SSSR count). The van der Waals surface area contributed by atoms with Crippen molar-refractivity contribution in [2.45, 2.75) is 18.4 Å². The van der Waals surface area contributed by atoms with Gasteiger partial charge in [0, 0.05) is 22.7 Å². The molecule has 2 N–H and O–H groups in total. The van der Waals surface area contributed by atoms with Crippen molar-refractivity contribution in [2.75, 3.05) is 4.72 Å². The summed E-state index contributed by atoms with van der Waals surface area (Å²) in [6.45, 7) is 1.74. The summed E-state index contributed by atoms with van der Waals surface area (Å²) in [5, 5.41) is 3.09. The van der Waals surface area contributed by atoms with E-state index in [-0.39, 0.29) is 17.3 Å². The monoisotopic (exact) mass is 432 g/mol. The van der Waals surface area contributed by atoms with Crippen molar-refractivity contribution in [1.82, 2.24) is 5.32 Å². The average molecular weight is 433 g/mol. The minimum absolute atomic E-state index is 0.0511. The van der Waals surface area contributed by atoms with Crippen LogP contribution in [0.4, 0.5) is 10.1 Å². The summed E-state index contributed by atoms with van der Waals surface area (Å²) >= 11 is 5.79. The molecule has 0 bridgehead atoms. The quantitative estimate of drug-likeness (QED) is 0.601. The van der Waals surface area contributed by atoms with Crippen LogP contribution in [0.2, 0.25) is 5.02 Å². The van der Waals surface area contributed by atoms with E-state index in [4.69, 9.17) is 11.6 Å². The van der Waals surface area contributed by atoms with Crippen molar-refractivity contribution < 1.29 is 17.6 Å². The highest BCUT2D eigenvalue weighted by Crippen LogP contribution is 2.22. The van der Waals surface area contributed by atoms with Crippen LogP contribution in [0.1, 0.15) is 21.5 Å². The van der Waals surface area contributed by atoms with Crippen molar-refractivity contribution in [3.05, 3.63) is 94.3 Å². The van der Waals surface area contributed by atoms with E-state index in [2.05, 4.69) is 10.0 Å². The maximum absolute atomic E-state index is 13.7. The normalized spacial score (nSPS) is 11.1. The molecule has 0 aromatic heterocycles. The number of benzene rings is 3. The Bertz CT molecular complexity index is 1150. The summed E-state index contributed by atoms with van der Waals surface area (Å²) in [6.07, 6.45) is 0. The standard InChI is InChI=1S/C21H18ClFN2O3S/c1-14-12-15(21(26)24-13-16-4-2-3-5-19(16)23)6-11-20(14)25-29(27,28)18-9-7-17(22)8-10-18/h2-12,25H,13H2,1H3,(H,24,26). The van der Waals surface area contributed by atoms with Gasteiger partial charge < -0.3 is 5.32 Å². The minimum Gasteiger partial charge on any atom is -0.348 e. The number of hydrogen-bond donors (Lipinski definition) is 2. The Balaban J connectivity index is 1.72. The SMILES string of the molecule is Cc1cc(C(=O)NCc2ccccc2F)ccc1NS(=O)(=O)c1ccc(Cl)cc1. The van der Waals surface area contributed by atoms with Gasteiger partial charge in [-0.2, -0.15) is 0 Å². The molecule has 0 aliphatic heterocycles. The Morgan fingerprint density at radius 1 is 1.03 bits per heavy atom. The van der Waals surface area contributed by atoms with Crippen LogP contribution in [-0.2, 0) is 16.6 Å². The third-order valence-corrected chi connectivity index (χ3v) is 5.89. The molecule has 0 saturated heterocycles. The first-order chi connectivity index (χ1) is 13.8. The number of amides is 1. The van der Waals surface area contributed by atoms with Gasteiger partial charge in [-0.25, -0.2) is 12.8 Å². The number of rotatable bonds is 6. The van der Waals surface area contributed by atoms with Crippen LogP contribution in [0.25, 0.3) is 0 Å². The predicted octanol–water partition coefficient (Wildman–Crippen LogP) is 4.52. The lowest BCUT2D eigenvalue weighted by molar-refractivity contribution is 0.0950. The number of carbonyl (C=O) groups is 1. The van der Waals surface area contributed by atoms with Gasteiger partial charge >= 0.3 is 0 Å². The van der Waals surface area contributed by atoms with Crippen LogP contribution in [0.15, 0.2) is 71.6 Å². The summed E-state index contributed by atoms with van der Waals surface area (Å²) in [5.41, 5.74) is 1.64. The van der Waals surface area contributed by atoms with Crippen molar-refractivity contribution in [1.29, 1.82) is 0 Å². The Morgan fingerprint density at radius 3 is 2.38 bits per heavy atom. The van der Waals surface area contributed by atoms with E-state index >= 15 is 0 Å². The van der Waals surface area contributed by atoms with E-state index in [9.17, 15) is 17.6 Å². The molecule has 3 aromatic rings. The summed E-state index contributed by atoms with van der Waals surface area (Å²) in [4.78, 5) is 12.4. The van der Waals surface area contributed by atoms with Crippen LogP contribution in [0, 0.1) is 12.7 Å². The van der Waals surface area contributed by atoms with Crippen molar-refractivity contribution >= 4 is 33.2 Å². The van der Waals surface area contributed by atoms with E-state index in [0.717, 1.165) is 0 Å². The summed E-state index contributed by atoms with van der Waals surface area (Å²) in [6, 6.07) is 16.6. The lowest BCUT2D eigenvalue weighted by atomic mass is 10.1. The summed E-state index contributed by atoms with van der Waals surface area (Å²) < 4.78 is 41.2. The third-order valence-electron chi connectivity index (χ3n) is 4.25. The van der Waals surface area contributed by atoms with Gasteiger partial charge in [-0.1, -0.05) is 29.8 Å². The number of hydrogen-bond acceptors (Lipinski definition) is 3. The van der Waals surface area contributed by atoms with E-state index in [1.165, 1.54) is 42.5 Å². The van der Waals surface area contributed by atoms with Crippen molar-refractivity contribution in [2.24, 2.45) is 0 Å². The Labute approximate surface area is 173 Å². The van der Waals surface area contributed by atoms with Crippen molar-refractivity contribution in [3.8, 4) is 0 Å². The van der Waals surface area contributed by atoms with E-state index in [0.29, 0.717) is 27.4 Å². The second-order valence-electron chi connectivity index (χ2n) is 6.36. The van der Waals surface area contributed by atoms with Gasteiger partial charge in [0.05, 0.1) is 10.6 Å². The molecule has 5 nitrogen and oxygen atoms in total. The molecule has 0 unspecified atom stereocenters. The lowest BCUT2D eigenvalue weighted by Crippen LogP contribution is -2.23. The van der Waals surface area contributed by atoms with Crippen LogP contribution in [0.5, 0.6) is 0 Å². The maximum atomic E-state index is 13.7. The van der Waals surface area contributed by atoms with Gasteiger partial charge in [0.25, 0.3) is 15.9 Å². The number of aryl methyl sites for hydroxylation is 1. The van der Waals surface area contributed by atoms with Gasteiger partial charge in [-0.3, -0.25) is 9.52 Å². The van der Waals surface area contributed by atoms with E-state index in [1.54, 1.807) is 31.2 Å². The molecular weight excluding hydrogens is 415 g/mol. The van der Waals surface area contributed by atoms with Crippen LogP contribution in [0.3, 0.4) is 0 Å². The third kappa shape index (κ3) is 5.13. The molecule has 0 aliphatic carbocycles. The zero-order valence-electron chi connectivity index (χ0n) is 15.4. The molecule has 150 valence electrons. The number of carbonyl (C=O) groups excluding carboxylic acids is 1. The highest BCUT2D eigenvalue weighted by Gasteiger charge is 2.16. The molecule has 0 atom stereocenters. The summed E-state index contributed by atoms with van der Waals surface area (Å²) in [5.74, 6) is -0.778. The average Bonchev–Trinajstić information content (AvgIpc) is 2.69. The number of halogens is 2. The minimum atomic E-state index is -3.79. The summed E-state index contributed by atoms with van der Waals surface area (Å²) in [7, 11) is -3.79. The first kappa shape index (κ1) is 20.8. The van der Waals surface area contributed by atoms with E-state index < -0.39 is 15.8 Å². The van der Waals surface area contributed by atoms with Crippen LogP contribution in [-0.4, -0.2) is 14.3 Å². The van der Waals surface area contributed by atoms with Gasteiger partial charge in [0.1, 0.15) is 5.82 Å². The molecule has 0 aliphatic rings. The highest BCUT2D eigenvalue weighted by atomic mass is 35.5. The fourth-order valence-corrected chi connectivity index (χ4v) is 3.91. The number of sulfonamides is 1. The Morgan fingerprint density at radius 2 is 1.72 bits per heavy atom. The fraction of sp³-hybridized carbons (Fsp3) is 0.0952. The molecule has 29 heavy (non-hydrogen) atoms. The second-order valence-corrected chi connectivity index (χ2v) is 8.48. The maximum Gasteiger partial charge on any atom is 0.261 e. The Hall–Kier alpha value is -2.90. The zero-order valence-corrected chi connectivity index (χ0v) is 17.0. The predicted molar refractivity (Wildman–Crippen MR) is 111 cm³/mol. The second kappa shape index (κ2) is 8.63. The first-order valence-electron chi connectivity index (χ1n) is 8.67. The smallest absolute Gasteiger partial charge is 0.261 e. The van der Waals surface area contributed by atoms with Gasteiger partial charge in [0.15, 0.2) is 0 Å². The molecule has 0 heterocycles. The lowest BCUT2D eigenvalue weighted by Gasteiger charge is -2.12. The zero-order chi connectivity index (χ0) is 21.0. The van der Waals surface area contributed by atoms with Crippen LogP contribution >= 0.6 is 11.6 Å². The Kier molecular flexibility index (Phi) is 6.20. The molecule has 0 saturated carbocycles. The molecule has 8 heteroatoms. The molecule has 0 fully saturated rings. The van der Waals surface area contributed by atoms with Gasteiger partial charge in [0.2, 0.25) is 0 Å². The molecule has 0 spiro atoms. The highest BCUT2D eigenvalue weighted by molar-refractivity contribution is 7.92. The van der Waals surface area contributed by atoms with Crippen LogP contribution < -0.4 is 10.0 Å². The number of nitrogens with one attached hydrogen (secondary N) is 2. The largest absolute Gasteiger partial charge is 0.348 e. The first-order valence-corrected chi connectivity index (χ1v) is 10.5.